The van der Waals surface area contributed by atoms with Crippen molar-refractivity contribution in [1.29, 1.82) is 0 Å². The second kappa shape index (κ2) is 8.30. The van der Waals surface area contributed by atoms with Crippen LogP contribution in [-0.2, 0) is 6.54 Å². The molecule has 0 bridgehead atoms. The highest BCUT2D eigenvalue weighted by atomic mass is 35.5. The van der Waals surface area contributed by atoms with Crippen LogP contribution in [0, 0.1) is 5.92 Å². The van der Waals surface area contributed by atoms with E-state index in [0.717, 1.165) is 24.5 Å². The summed E-state index contributed by atoms with van der Waals surface area (Å²) in [6.07, 6.45) is 1.07. The molecule has 0 spiro atoms. The minimum Gasteiger partial charge on any atom is -0.494 e. The fourth-order valence-corrected chi connectivity index (χ4v) is 2.50. The third kappa shape index (κ3) is 5.78. The van der Waals surface area contributed by atoms with Crippen LogP contribution >= 0.6 is 23.2 Å². The summed E-state index contributed by atoms with van der Waals surface area (Å²) in [5.74, 6) is 1.57. The maximum absolute atomic E-state index is 5.98. The molecule has 0 atom stereocenters. The van der Waals surface area contributed by atoms with Gasteiger partial charge in [0.1, 0.15) is 5.75 Å². The van der Waals surface area contributed by atoms with Crippen LogP contribution < -0.4 is 10.1 Å². The number of rotatable bonds is 7. The monoisotopic (exact) mass is 337 g/mol. The number of nitrogens with one attached hydrogen (secondary N) is 1. The van der Waals surface area contributed by atoms with E-state index in [-0.39, 0.29) is 0 Å². The first-order chi connectivity index (χ1) is 10.5. The molecule has 0 amide bonds. The molecule has 0 aromatic heterocycles. The van der Waals surface area contributed by atoms with Crippen LogP contribution in [0.25, 0.3) is 0 Å². The molecule has 0 aliphatic carbocycles. The van der Waals surface area contributed by atoms with Gasteiger partial charge in [0.05, 0.1) is 6.61 Å². The predicted molar refractivity (Wildman–Crippen MR) is 95.2 cm³/mol. The second-order valence-electron chi connectivity index (χ2n) is 5.69. The van der Waals surface area contributed by atoms with Gasteiger partial charge in [0.25, 0.3) is 0 Å². The minimum atomic E-state index is 0.629. The van der Waals surface area contributed by atoms with E-state index >= 15 is 0 Å². The molecule has 0 unspecified atom stereocenters. The lowest BCUT2D eigenvalue weighted by Gasteiger charge is -2.10. The number of hydrogen-bond donors (Lipinski definition) is 1. The molecule has 2 aromatic rings. The van der Waals surface area contributed by atoms with Gasteiger partial charge in [0.2, 0.25) is 0 Å². The average Bonchev–Trinajstić information content (AvgIpc) is 2.45. The van der Waals surface area contributed by atoms with Crippen LogP contribution in [-0.4, -0.2) is 6.61 Å². The Kier molecular flexibility index (Phi) is 6.41. The van der Waals surface area contributed by atoms with Gasteiger partial charge >= 0.3 is 0 Å². The third-order valence-electron chi connectivity index (χ3n) is 3.25. The summed E-state index contributed by atoms with van der Waals surface area (Å²) in [4.78, 5) is 0. The van der Waals surface area contributed by atoms with E-state index in [2.05, 4.69) is 31.3 Å². The standard InChI is InChI=1S/C18H21Cl2NO/c1-13(2)7-8-22-18-5-3-14(4-6-18)12-21-17-10-15(19)9-16(20)11-17/h3-6,9-11,13,21H,7-8,12H2,1-2H3. The van der Waals surface area contributed by atoms with E-state index in [1.807, 2.05) is 24.3 Å². The van der Waals surface area contributed by atoms with E-state index in [9.17, 15) is 0 Å². The van der Waals surface area contributed by atoms with E-state index in [4.69, 9.17) is 27.9 Å². The summed E-state index contributed by atoms with van der Waals surface area (Å²) < 4.78 is 5.71. The Balaban J connectivity index is 1.85. The van der Waals surface area contributed by atoms with Crippen molar-refractivity contribution in [2.24, 2.45) is 5.92 Å². The highest BCUT2D eigenvalue weighted by Crippen LogP contribution is 2.23. The highest BCUT2D eigenvalue weighted by molar-refractivity contribution is 6.35. The lowest BCUT2D eigenvalue weighted by molar-refractivity contribution is 0.289. The zero-order valence-corrected chi connectivity index (χ0v) is 14.4. The maximum Gasteiger partial charge on any atom is 0.119 e. The summed E-state index contributed by atoms with van der Waals surface area (Å²) in [6, 6.07) is 13.6. The number of hydrogen-bond acceptors (Lipinski definition) is 2. The van der Waals surface area contributed by atoms with Gasteiger partial charge in [-0.2, -0.15) is 0 Å². The molecule has 0 fully saturated rings. The van der Waals surface area contributed by atoms with Crippen molar-refractivity contribution in [3.8, 4) is 5.75 Å². The van der Waals surface area contributed by atoms with Crippen LogP contribution in [0.15, 0.2) is 42.5 Å². The van der Waals surface area contributed by atoms with E-state index in [1.54, 1.807) is 6.07 Å². The summed E-state index contributed by atoms with van der Waals surface area (Å²) in [7, 11) is 0. The number of ether oxygens (including phenoxy) is 1. The fraction of sp³-hybridized carbons (Fsp3) is 0.333. The Morgan fingerprint density at radius 2 is 1.64 bits per heavy atom. The molecule has 2 rings (SSSR count). The molecule has 0 heterocycles. The molecule has 118 valence electrons. The van der Waals surface area contributed by atoms with Crippen LogP contribution in [0.4, 0.5) is 5.69 Å². The summed E-state index contributed by atoms with van der Waals surface area (Å²) in [5, 5.41) is 4.57. The molecule has 0 aliphatic heterocycles. The Bertz CT molecular complexity index is 576. The Hall–Kier alpha value is -1.38. The van der Waals surface area contributed by atoms with Crippen molar-refractivity contribution >= 4 is 28.9 Å². The van der Waals surface area contributed by atoms with Crippen LogP contribution in [0.2, 0.25) is 10.0 Å². The summed E-state index contributed by atoms with van der Waals surface area (Å²) in [6.45, 7) is 5.86. The van der Waals surface area contributed by atoms with Crippen LogP contribution in [0.1, 0.15) is 25.8 Å². The molecule has 2 nitrogen and oxygen atoms in total. The first-order valence-electron chi connectivity index (χ1n) is 7.44. The van der Waals surface area contributed by atoms with Crippen molar-refractivity contribution in [3.05, 3.63) is 58.1 Å². The van der Waals surface area contributed by atoms with Gasteiger partial charge in [-0.1, -0.05) is 49.2 Å². The quantitative estimate of drug-likeness (QED) is 0.665. The van der Waals surface area contributed by atoms with E-state index < -0.39 is 0 Å². The maximum atomic E-state index is 5.98. The van der Waals surface area contributed by atoms with Crippen LogP contribution in [0.3, 0.4) is 0 Å². The average molecular weight is 338 g/mol. The molecule has 4 heteroatoms. The van der Waals surface area contributed by atoms with Crippen molar-refractivity contribution in [2.75, 3.05) is 11.9 Å². The fourth-order valence-electron chi connectivity index (χ4n) is 1.98. The van der Waals surface area contributed by atoms with E-state index in [0.29, 0.717) is 22.5 Å². The van der Waals surface area contributed by atoms with Crippen molar-refractivity contribution in [2.45, 2.75) is 26.8 Å². The normalized spacial score (nSPS) is 10.8. The predicted octanol–water partition coefficient (Wildman–Crippen LogP) is 6.03. The Labute approximate surface area is 142 Å². The first kappa shape index (κ1) is 17.0. The Morgan fingerprint density at radius 1 is 1.00 bits per heavy atom. The zero-order valence-electron chi connectivity index (χ0n) is 12.9. The van der Waals surface area contributed by atoms with Gasteiger partial charge in [0, 0.05) is 22.3 Å². The molecular formula is C18H21Cl2NO. The van der Waals surface area contributed by atoms with Gasteiger partial charge in [-0.25, -0.2) is 0 Å². The van der Waals surface area contributed by atoms with Crippen LogP contribution in [0.5, 0.6) is 5.75 Å². The molecule has 22 heavy (non-hydrogen) atoms. The molecule has 1 N–H and O–H groups in total. The molecule has 0 saturated carbocycles. The smallest absolute Gasteiger partial charge is 0.119 e. The third-order valence-corrected chi connectivity index (χ3v) is 3.68. The molecule has 0 saturated heterocycles. The molecule has 2 aromatic carbocycles. The first-order valence-corrected chi connectivity index (χ1v) is 8.20. The highest BCUT2D eigenvalue weighted by Gasteiger charge is 2.00. The molecule has 0 aliphatic rings. The van der Waals surface area contributed by atoms with Crippen molar-refractivity contribution in [3.63, 3.8) is 0 Å². The van der Waals surface area contributed by atoms with Crippen molar-refractivity contribution in [1.82, 2.24) is 0 Å². The van der Waals surface area contributed by atoms with Gasteiger partial charge in [-0.15, -0.1) is 0 Å². The zero-order chi connectivity index (χ0) is 15.9. The number of anilines is 1. The lowest BCUT2D eigenvalue weighted by Crippen LogP contribution is -2.02. The van der Waals surface area contributed by atoms with Crippen molar-refractivity contribution < 1.29 is 4.74 Å². The van der Waals surface area contributed by atoms with Gasteiger partial charge in [-0.3, -0.25) is 0 Å². The molecule has 0 radical (unpaired) electrons. The topological polar surface area (TPSA) is 21.3 Å². The lowest BCUT2D eigenvalue weighted by atomic mass is 10.1. The summed E-state index contributed by atoms with van der Waals surface area (Å²) >= 11 is 12.0. The largest absolute Gasteiger partial charge is 0.494 e. The Morgan fingerprint density at radius 3 is 2.23 bits per heavy atom. The number of halogens is 2. The molecular weight excluding hydrogens is 317 g/mol. The van der Waals surface area contributed by atoms with Gasteiger partial charge in [0.15, 0.2) is 0 Å². The summed E-state index contributed by atoms with van der Waals surface area (Å²) in [5.41, 5.74) is 2.09. The van der Waals surface area contributed by atoms with Gasteiger partial charge < -0.3 is 10.1 Å². The van der Waals surface area contributed by atoms with E-state index in [1.165, 1.54) is 5.56 Å². The minimum absolute atomic E-state index is 0.629. The SMILES string of the molecule is CC(C)CCOc1ccc(CNc2cc(Cl)cc(Cl)c2)cc1. The second-order valence-corrected chi connectivity index (χ2v) is 6.56. The van der Waals surface area contributed by atoms with Gasteiger partial charge in [-0.05, 0) is 48.2 Å². The number of benzene rings is 2.